The second-order valence-electron chi connectivity index (χ2n) is 7.95. The Bertz CT molecular complexity index is 1300. The Labute approximate surface area is 208 Å². The summed E-state index contributed by atoms with van der Waals surface area (Å²) in [5, 5.41) is 3.10. The molecule has 0 radical (unpaired) electrons. The van der Waals surface area contributed by atoms with Crippen LogP contribution in [0.4, 0.5) is 15.8 Å². The fraction of sp³-hybridized carbons (Fsp3) is 0.179. The number of nitrogens with zero attached hydrogens (tertiary/aromatic N) is 1. The number of hydrogen-bond acceptors (Lipinski definition) is 6. The van der Waals surface area contributed by atoms with Crippen molar-refractivity contribution in [3.63, 3.8) is 0 Å². The summed E-state index contributed by atoms with van der Waals surface area (Å²) in [5.41, 5.74) is 2.78. The van der Waals surface area contributed by atoms with E-state index in [9.17, 15) is 18.8 Å². The lowest BCUT2D eigenvalue weighted by molar-refractivity contribution is -0.114. The molecule has 0 saturated carbocycles. The molecule has 36 heavy (non-hydrogen) atoms. The van der Waals surface area contributed by atoms with E-state index in [4.69, 9.17) is 9.47 Å². The average Bonchev–Trinajstić information content (AvgIpc) is 3.20. The van der Waals surface area contributed by atoms with Crippen molar-refractivity contribution >= 4 is 29.2 Å². The Morgan fingerprint density at radius 1 is 0.889 bits per heavy atom. The smallest absolute Gasteiger partial charge is 0.338 e. The molecule has 8 heteroatoms. The van der Waals surface area contributed by atoms with Crippen molar-refractivity contribution in [3.05, 3.63) is 107 Å². The van der Waals surface area contributed by atoms with Gasteiger partial charge in [-0.3, -0.25) is 9.69 Å². The molecule has 0 saturated heterocycles. The Morgan fingerprint density at radius 2 is 1.47 bits per heavy atom. The van der Waals surface area contributed by atoms with E-state index < -0.39 is 23.8 Å². The van der Waals surface area contributed by atoms with Gasteiger partial charge < -0.3 is 14.8 Å². The van der Waals surface area contributed by atoms with Crippen LogP contribution in [0.25, 0.3) is 0 Å². The molecule has 1 amide bonds. The van der Waals surface area contributed by atoms with Crippen molar-refractivity contribution in [1.82, 2.24) is 0 Å². The second-order valence-corrected chi connectivity index (χ2v) is 7.95. The van der Waals surface area contributed by atoms with Gasteiger partial charge in [0.25, 0.3) is 5.91 Å². The normalized spacial score (nSPS) is 14.9. The molecule has 1 aliphatic rings. The lowest BCUT2D eigenvalue weighted by atomic mass is 10.1. The van der Waals surface area contributed by atoms with Gasteiger partial charge in [-0.15, -0.1) is 0 Å². The van der Waals surface area contributed by atoms with E-state index in [1.165, 1.54) is 17.0 Å². The Hall–Kier alpha value is -4.46. The predicted molar refractivity (Wildman–Crippen MR) is 133 cm³/mol. The lowest BCUT2D eigenvalue weighted by Crippen LogP contribution is -2.30. The Kier molecular flexibility index (Phi) is 7.44. The van der Waals surface area contributed by atoms with E-state index in [0.717, 1.165) is 0 Å². The number of anilines is 2. The van der Waals surface area contributed by atoms with Crippen LogP contribution in [-0.4, -0.2) is 31.1 Å². The maximum atomic E-state index is 14.0. The van der Waals surface area contributed by atoms with E-state index in [-0.39, 0.29) is 19.1 Å². The molecule has 0 unspecified atom stereocenters. The zero-order valence-electron chi connectivity index (χ0n) is 19.9. The molecule has 1 aliphatic heterocycles. The van der Waals surface area contributed by atoms with Crippen molar-refractivity contribution in [2.75, 3.05) is 23.4 Å². The number of carbonyl (C=O) groups excluding carboxylic acids is 3. The highest BCUT2D eigenvalue weighted by atomic mass is 19.1. The molecular formula is C28H25FN2O5. The molecule has 0 spiro atoms. The van der Waals surface area contributed by atoms with E-state index >= 15 is 0 Å². The van der Waals surface area contributed by atoms with E-state index in [1.807, 2.05) is 0 Å². The van der Waals surface area contributed by atoms with E-state index in [2.05, 4.69) is 5.32 Å². The number of rotatable bonds is 8. The summed E-state index contributed by atoms with van der Waals surface area (Å²) in [6.45, 7) is 3.99. The number of nitrogens with one attached hydrogen (secondary N) is 1. The van der Waals surface area contributed by atoms with Crippen LogP contribution in [0.1, 0.15) is 46.2 Å². The third-order valence-electron chi connectivity index (χ3n) is 5.57. The summed E-state index contributed by atoms with van der Waals surface area (Å²) in [4.78, 5) is 39.0. The van der Waals surface area contributed by atoms with E-state index in [0.29, 0.717) is 33.8 Å². The minimum atomic E-state index is -0.581. The van der Waals surface area contributed by atoms with Crippen molar-refractivity contribution in [2.24, 2.45) is 0 Å². The first-order valence-electron chi connectivity index (χ1n) is 11.5. The number of amides is 1. The van der Waals surface area contributed by atoms with Gasteiger partial charge in [0, 0.05) is 11.4 Å². The molecular weight excluding hydrogens is 463 g/mol. The standard InChI is InChI=1S/C28H25FN2O5/c1-3-35-27(33)18-8-12-22(13-9-18)30-24-17-25(20-6-5-7-21(29)16-20)31(26(24)32)23-14-10-19(11-15-23)28(34)36-4-2/h5-17,25,30H,3-4H2,1-2H3/t25-/m1/s1. The van der Waals surface area contributed by atoms with Crippen LogP contribution in [0, 0.1) is 5.82 Å². The molecule has 1 atom stereocenters. The van der Waals surface area contributed by atoms with Gasteiger partial charge in [-0.1, -0.05) is 12.1 Å². The highest BCUT2D eigenvalue weighted by Crippen LogP contribution is 2.36. The minimum Gasteiger partial charge on any atom is -0.462 e. The summed E-state index contributed by atoms with van der Waals surface area (Å²) >= 11 is 0. The van der Waals surface area contributed by atoms with Crippen molar-refractivity contribution in [3.8, 4) is 0 Å². The molecule has 3 aromatic rings. The first-order valence-corrected chi connectivity index (χ1v) is 11.5. The number of esters is 2. The van der Waals surface area contributed by atoms with Crippen molar-refractivity contribution in [2.45, 2.75) is 19.9 Å². The second kappa shape index (κ2) is 10.9. The lowest BCUT2D eigenvalue weighted by Gasteiger charge is -2.25. The van der Waals surface area contributed by atoms with E-state index in [1.54, 1.807) is 80.6 Å². The Morgan fingerprint density at radius 3 is 2.03 bits per heavy atom. The van der Waals surface area contributed by atoms with Gasteiger partial charge in [0.2, 0.25) is 0 Å². The van der Waals surface area contributed by atoms with Gasteiger partial charge in [0.15, 0.2) is 0 Å². The zero-order valence-corrected chi connectivity index (χ0v) is 19.9. The summed E-state index contributed by atoms with van der Waals surface area (Å²) < 4.78 is 24.1. The zero-order chi connectivity index (χ0) is 25.7. The van der Waals surface area contributed by atoms with Crippen LogP contribution in [0.15, 0.2) is 84.6 Å². The SMILES string of the molecule is CCOC(=O)c1ccc(NC2=C[C@H](c3cccc(F)c3)N(c3ccc(C(=O)OCC)cc3)C2=O)cc1. The number of carbonyl (C=O) groups is 3. The maximum absolute atomic E-state index is 14.0. The summed E-state index contributed by atoms with van der Waals surface area (Å²) in [6, 6.07) is 18.5. The quantitative estimate of drug-likeness (QED) is 0.435. The molecule has 1 heterocycles. The van der Waals surface area contributed by atoms with Crippen LogP contribution in [-0.2, 0) is 14.3 Å². The molecule has 0 fully saturated rings. The first-order chi connectivity index (χ1) is 17.4. The highest BCUT2D eigenvalue weighted by Gasteiger charge is 2.35. The van der Waals surface area contributed by atoms with Gasteiger partial charge in [0.1, 0.15) is 11.5 Å². The largest absolute Gasteiger partial charge is 0.462 e. The molecule has 184 valence electrons. The molecule has 4 rings (SSSR count). The van der Waals surface area contributed by atoms with Gasteiger partial charge in [-0.25, -0.2) is 14.0 Å². The summed E-state index contributed by atoms with van der Waals surface area (Å²) in [5.74, 6) is -1.63. The fourth-order valence-electron chi connectivity index (χ4n) is 3.90. The summed E-state index contributed by atoms with van der Waals surface area (Å²) in [7, 11) is 0. The average molecular weight is 489 g/mol. The van der Waals surface area contributed by atoms with Gasteiger partial charge in [-0.2, -0.15) is 0 Å². The predicted octanol–water partition coefficient (Wildman–Crippen LogP) is 5.26. The third-order valence-corrected chi connectivity index (χ3v) is 5.57. The van der Waals surface area contributed by atoms with Crippen LogP contribution in [0.3, 0.4) is 0 Å². The molecule has 0 aromatic heterocycles. The first kappa shape index (κ1) is 24.7. The number of hydrogen-bond donors (Lipinski definition) is 1. The van der Waals surface area contributed by atoms with Crippen molar-refractivity contribution in [1.29, 1.82) is 0 Å². The van der Waals surface area contributed by atoms with Crippen LogP contribution < -0.4 is 10.2 Å². The highest BCUT2D eigenvalue weighted by molar-refractivity contribution is 6.11. The van der Waals surface area contributed by atoms with Gasteiger partial charge in [0.05, 0.1) is 30.4 Å². The minimum absolute atomic E-state index is 0.257. The molecule has 1 N–H and O–H groups in total. The number of halogens is 1. The molecule has 3 aromatic carbocycles. The number of benzene rings is 3. The number of ether oxygens (including phenoxy) is 2. The molecule has 0 bridgehead atoms. The maximum Gasteiger partial charge on any atom is 0.338 e. The molecule has 0 aliphatic carbocycles. The van der Waals surface area contributed by atoms with Crippen LogP contribution >= 0.6 is 0 Å². The van der Waals surface area contributed by atoms with Crippen molar-refractivity contribution < 1.29 is 28.2 Å². The van der Waals surface area contributed by atoms with Crippen LogP contribution in [0.5, 0.6) is 0 Å². The third kappa shape index (κ3) is 5.27. The topological polar surface area (TPSA) is 84.9 Å². The van der Waals surface area contributed by atoms with Crippen LogP contribution in [0.2, 0.25) is 0 Å². The fourth-order valence-corrected chi connectivity index (χ4v) is 3.90. The summed E-state index contributed by atoms with van der Waals surface area (Å²) in [6.07, 6.45) is 1.72. The van der Waals surface area contributed by atoms with Gasteiger partial charge >= 0.3 is 11.9 Å². The molecule has 7 nitrogen and oxygen atoms in total. The van der Waals surface area contributed by atoms with Gasteiger partial charge in [-0.05, 0) is 86.2 Å². The Balaban J connectivity index is 1.63. The monoisotopic (exact) mass is 488 g/mol.